The SMILES string of the molecule is COCc1cccc(NC(=S)NCC(C)C)c1. The van der Waals surface area contributed by atoms with E-state index in [1.807, 2.05) is 24.3 Å². The molecule has 0 aliphatic carbocycles. The number of nitrogens with one attached hydrogen (secondary N) is 2. The molecule has 94 valence electrons. The Labute approximate surface area is 109 Å². The summed E-state index contributed by atoms with van der Waals surface area (Å²) in [5.74, 6) is 0.578. The average Bonchev–Trinajstić information content (AvgIpc) is 2.27. The summed E-state index contributed by atoms with van der Waals surface area (Å²) < 4.78 is 5.09. The van der Waals surface area contributed by atoms with Gasteiger partial charge in [0, 0.05) is 19.3 Å². The third-order valence-electron chi connectivity index (χ3n) is 2.17. The summed E-state index contributed by atoms with van der Waals surface area (Å²) in [4.78, 5) is 0. The number of hydrogen-bond acceptors (Lipinski definition) is 2. The first-order chi connectivity index (χ1) is 8.11. The fraction of sp³-hybridized carbons (Fsp3) is 0.462. The van der Waals surface area contributed by atoms with Crippen molar-refractivity contribution in [3.8, 4) is 0 Å². The lowest BCUT2D eigenvalue weighted by Crippen LogP contribution is -2.31. The van der Waals surface area contributed by atoms with Gasteiger partial charge in [0.05, 0.1) is 6.61 Å². The van der Waals surface area contributed by atoms with E-state index in [9.17, 15) is 0 Å². The Hall–Kier alpha value is -1.13. The van der Waals surface area contributed by atoms with Crippen LogP contribution in [0.15, 0.2) is 24.3 Å². The molecule has 17 heavy (non-hydrogen) atoms. The van der Waals surface area contributed by atoms with Gasteiger partial charge in [-0.3, -0.25) is 0 Å². The molecule has 0 aromatic heterocycles. The quantitative estimate of drug-likeness (QED) is 0.790. The van der Waals surface area contributed by atoms with Crippen LogP contribution < -0.4 is 10.6 Å². The van der Waals surface area contributed by atoms with E-state index in [4.69, 9.17) is 17.0 Å². The van der Waals surface area contributed by atoms with E-state index in [1.165, 1.54) is 0 Å². The van der Waals surface area contributed by atoms with Crippen molar-refractivity contribution >= 4 is 23.0 Å². The van der Waals surface area contributed by atoms with Crippen LogP contribution in [0.2, 0.25) is 0 Å². The lowest BCUT2D eigenvalue weighted by molar-refractivity contribution is 0.185. The molecule has 1 rings (SSSR count). The first-order valence-corrected chi connectivity index (χ1v) is 6.15. The summed E-state index contributed by atoms with van der Waals surface area (Å²) in [7, 11) is 1.69. The Balaban J connectivity index is 2.50. The van der Waals surface area contributed by atoms with Crippen molar-refractivity contribution in [1.82, 2.24) is 5.32 Å². The number of anilines is 1. The van der Waals surface area contributed by atoms with Crippen LogP contribution >= 0.6 is 12.2 Å². The van der Waals surface area contributed by atoms with Crippen molar-refractivity contribution in [1.29, 1.82) is 0 Å². The van der Waals surface area contributed by atoms with Crippen molar-refractivity contribution in [2.24, 2.45) is 5.92 Å². The molecule has 0 amide bonds. The number of thiocarbonyl (C=S) groups is 1. The molecule has 0 saturated carbocycles. The van der Waals surface area contributed by atoms with Crippen molar-refractivity contribution < 1.29 is 4.74 Å². The highest BCUT2D eigenvalue weighted by molar-refractivity contribution is 7.80. The molecular weight excluding hydrogens is 232 g/mol. The van der Waals surface area contributed by atoms with Gasteiger partial charge in [-0.1, -0.05) is 26.0 Å². The fourth-order valence-electron chi connectivity index (χ4n) is 1.38. The zero-order valence-corrected chi connectivity index (χ0v) is 11.4. The van der Waals surface area contributed by atoms with Crippen LogP contribution in [-0.4, -0.2) is 18.8 Å². The van der Waals surface area contributed by atoms with Crippen LogP contribution in [0.25, 0.3) is 0 Å². The fourth-order valence-corrected chi connectivity index (χ4v) is 1.58. The number of hydrogen-bond donors (Lipinski definition) is 2. The molecule has 0 spiro atoms. The molecule has 0 atom stereocenters. The van der Waals surface area contributed by atoms with Gasteiger partial charge in [0.1, 0.15) is 0 Å². The van der Waals surface area contributed by atoms with E-state index in [1.54, 1.807) is 7.11 Å². The van der Waals surface area contributed by atoms with Gasteiger partial charge in [-0.25, -0.2) is 0 Å². The van der Waals surface area contributed by atoms with Gasteiger partial charge >= 0.3 is 0 Å². The molecule has 0 radical (unpaired) electrons. The maximum atomic E-state index is 5.21. The minimum Gasteiger partial charge on any atom is -0.380 e. The molecule has 0 aliphatic heterocycles. The van der Waals surface area contributed by atoms with Crippen molar-refractivity contribution in [2.75, 3.05) is 19.0 Å². The Kier molecular flexibility index (Phi) is 5.94. The van der Waals surface area contributed by atoms with E-state index >= 15 is 0 Å². The maximum Gasteiger partial charge on any atom is 0.170 e. The maximum absolute atomic E-state index is 5.21. The Bertz CT molecular complexity index is 366. The number of benzene rings is 1. The van der Waals surface area contributed by atoms with E-state index in [2.05, 4.69) is 24.5 Å². The smallest absolute Gasteiger partial charge is 0.170 e. The Morgan fingerprint density at radius 2 is 2.18 bits per heavy atom. The molecule has 1 aromatic rings. The molecule has 1 aromatic carbocycles. The second kappa shape index (κ2) is 7.25. The van der Waals surface area contributed by atoms with Crippen molar-refractivity contribution in [3.05, 3.63) is 29.8 Å². The normalized spacial score (nSPS) is 10.4. The number of ether oxygens (including phenoxy) is 1. The second-order valence-electron chi connectivity index (χ2n) is 4.36. The van der Waals surface area contributed by atoms with Gasteiger partial charge in [0.2, 0.25) is 0 Å². The van der Waals surface area contributed by atoms with Crippen LogP contribution in [0.3, 0.4) is 0 Å². The summed E-state index contributed by atoms with van der Waals surface area (Å²) in [6, 6.07) is 8.04. The summed E-state index contributed by atoms with van der Waals surface area (Å²) in [6.07, 6.45) is 0. The van der Waals surface area contributed by atoms with Crippen molar-refractivity contribution in [2.45, 2.75) is 20.5 Å². The first-order valence-electron chi connectivity index (χ1n) is 5.74. The standard InChI is InChI=1S/C13H20N2OS/c1-10(2)8-14-13(17)15-12-6-4-5-11(7-12)9-16-3/h4-7,10H,8-9H2,1-3H3,(H2,14,15,17). The largest absolute Gasteiger partial charge is 0.380 e. The van der Waals surface area contributed by atoms with Gasteiger partial charge in [0.25, 0.3) is 0 Å². The molecule has 0 bridgehead atoms. The molecule has 0 aliphatic rings. The van der Waals surface area contributed by atoms with Crippen LogP contribution in [-0.2, 0) is 11.3 Å². The Morgan fingerprint density at radius 3 is 2.82 bits per heavy atom. The topological polar surface area (TPSA) is 33.3 Å². The van der Waals surface area contributed by atoms with E-state index < -0.39 is 0 Å². The molecule has 0 saturated heterocycles. The van der Waals surface area contributed by atoms with Crippen LogP contribution in [0.1, 0.15) is 19.4 Å². The van der Waals surface area contributed by atoms with E-state index in [0.29, 0.717) is 17.6 Å². The number of methoxy groups -OCH3 is 1. The Morgan fingerprint density at radius 1 is 1.41 bits per heavy atom. The molecule has 0 unspecified atom stereocenters. The third kappa shape index (κ3) is 5.65. The van der Waals surface area contributed by atoms with Crippen LogP contribution in [0.5, 0.6) is 0 Å². The summed E-state index contributed by atoms with van der Waals surface area (Å²) in [6.45, 7) is 5.79. The molecule has 0 heterocycles. The third-order valence-corrected chi connectivity index (χ3v) is 2.41. The number of rotatable bonds is 5. The first kappa shape index (κ1) is 13.9. The molecule has 2 N–H and O–H groups in total. The second-order valence-corrected chi connectivity index (χ2v) is 4.77. The van der Waals surface area contributed by atoms with Gasteiger partial charge in [-0.15, -0.1) is 0 Å². The predicted molar refractivity (Wildman–Crippen MR) is 76.2 cm³/mol. The minimum absolute atomic E-state index is 0.578. The van der Waals surface area contributed by atoms with E-state index in [0.717, 1.165) is 17.8 Å². The lowest BCUT2D eigenvalue weighted by Gasteiger charge is -2.12. The highest BCUT2D eigenvalue weighted by atomic mass is 32.1. The monoisotopic (exact) mass is 252 g/mol. The predicted octanol–water partition coefficient (Wildman–Crippen LogP) is 2.78. The van der Waals surface area contributed by atoms with Crippen LogP contribution in [0, 0.1) is 5.92 Å². The lowest BCUT2D eigenvalue weighted by atomic mass is 10.2. The van der Waals surface area contributed by atoms with E-state index in [-0.39, 0.29) is 0 Å². The zero-order chi connectivity index (χ0) is 12.7. The molecule has 0 fully saturated rings. The summed E-state index contributed by atoms with van der Waals surface area (Å²) in [5.41, 5.74) is 2.12. The minimum atomic E-state index is 0.578. The summed E-state index contributed by atoms with van der Waals surface area (Å²) in [5, 5.41) is 6.99. The average molecular weight is 252 g/mol. The zero-order valence-electron chi connectivity index (χ0n) is 10.6. The van der Waals surface area contributed by atoms with Gasteiger partial charge < -0.3 is 15.4 Å². The highest BCUT2D eigenvalue weighted by Crippen LogP contribution is 2.11. The van der Waals surface area contributed by atoms with Gasteiger partial charge in [0.15, 0.2) is 5.11 Å². The van der Waals surface area contributed by atoms with Crippen molar-refractivity contribution in [3.63, 3.8) is 0 Å². The highest BCUT2D eigenvalue weighted by Gasteiger charge is 2.00. The van der Waals surface area contributed by atoms with Crippen LogP contribution in [0.4, 0.5) is 5.69 Å². The molecule has 4 heteroatoms. The molecule has 3 nitrogen and oxygen atoms in total. The molecular formula is C13H20N2OS. The van der Waals surface area contributed by atoms with Gasteiger partial charge in [-0.2, -0.15) is 0 Å². The summed E-state index contributed by atoms with van der Waals surface area (Å²) >= 11 is 5.21. The van der Waals surface area contributed by atoms with Gasteiger partial charge in [-0.05, 0) is 35.8 Å².